The Morgan fingerprint density at radius 1 is 1.08 bits per heavy atom. The molecular formula is C28H30N2O6S2. The van der Waals surface area contributed by atoms with E-state index in [0.717, 1.165) is 20.2 Å². The van der Waals surface area contributed by atoms with Crippen molar-refractivity contribution in [1.29, 1.82) is 0 Å². The molecule has 0 saturated carbocycles. The van der Waals surface area contributed by atoms with Crippen molar-refractivity contribution in [2.45, 2.75) is 45.7 Å². The van der Waals surface area contributed by atoms with E-state index in [2.05, 4.69) is 5.32 Å². The number of aryl methyl sites for hydroxylation is 3. The highest BCUT2D eigenvalue weighted by Gasteiger charge is 2.58. The molecular weight excluding hydrogens is 524 g/mol. The van der Waals surface area contributed by atoms with Crippen molar-refractivity contribution in [2.75, 3.05) is 19.0 Å². The highest BCUT2D eigenvalue weighted by Crippen LogP contribution is 2.53. The summed E-state index contributed by atoms with van der Waals surface area (Å²) >= 11 is 2.92. The van der Waals surface area contributed by atoms with Crippen LogP contribution in [0, 0.1) is 26.7 Å². The van der Waals surface area contributed by atoms with Gasteiger partial charge in [0.15, 0.2) is 5.78 Å². The number of amides is 2. The van der Waals surface area contributed by atoms with Gasteiger partial charge < -0.3 is 20.1 Å². The number of rotatable bonds is 8. The molecule has 3 aromatic rings. The van der Waals surface area contributed by atoms with Gasteiger partial charge >= 0.3 is 5.97 Å². The van der Waals surface area contributed by atoms with E-state index >= 15 is 0 Å². The van der Waals surface area contributed by atoms with Crippen molar-refractivity contribution >= 4 is 51.9 Å². The number of anilines is 1. The Morgan fingerprint density at radius 3 is 2.26 bits per heavy atom. The first kappa shape index (κ1) is 27.7. The fourth-order valence-electron chi connectivity index (χ4n) is 5.41. The molecule has 1 saturated heterocycles. The zero-order valence-electron chi connectivity index (χ0n) is 21.8. The molecule has 0 radical (unpaired) electrons. The molecule has 0 aliphatic carbocycles. The zero-order chi connectivity index (χ0) is 27.7. The fourth-order valence-corrected chi connectivity index (χ4v) is 7.41. The van der Waals surface area contributed by atoms with E-state index in [1.165, 1.54) is 41.6 Å². The van der Waals surface area contributed by atoms with Crippen molar-refractivity contribution in [3.8, 4) is 0 Å². The number of carboxylic acids is 1. The molecule has 3 heterocycles. The van der Waals surface area contributed by atoms with Crippen LogP contribution in [-0.4, -0.2) is 53.3 Å². The van der Waals surface area contributed by atoms with Gasteiger partial charge in [-0.25, -0.2) is 4.79 Å². The number of ketones is 1. The second-order valence-corrected chi connectivity index (χ2v) is 11.9. The third kappa shape index (κ3) is 5.16. The number of carbonyl (C=O) groups excluding carboxylic acids is 3. The van der Waals surface area contributed by atoms with Gasteiger partial charge in [-0.15, -0.1) is 22.7 Å². The molecule has 38 heavy (non-hydrogen) atoms. The molecule has 4 unspecified atom stereocenters. The van der Waals surface area contributed by atoms with Crippen molar-refractivity contribution in [2.24, 2.45) is 5.92 Å². The summed E-state index contributed by atoms with van der Waals surface area (Å²) in [4.78, 5) is 56.2. The van der Waals surface area contributed by atoms with E-state index in [9.17, 15) is 24.3 Å². The predicted octanol–water partition coefficient (Wildman–Crippen LogP) is 4.96. The van der Waals surface area contributed by atoms with Crippen LogP contribution in [0.25, 0.3) is 0 Å². The number of benzene rings is 1. The van der Waals surface area contributed by atoms with Crippen molar-refractivity contribution in [3.63, 3.8) is 0 Å². The minimum atomic E-state index is -1.30. The zero-order valence-corrected chi connectivity index (χ0v) is 23.4. The summed E-state index contributed by atoms with van der Waals surface area (Å²) < 4.78 is 5.13. The number of methoxy groups -OCH3 is 1. The van der Waals surface area contributed by atoms with Gasteiger partial charge in [-0.1, -0.05) is 12.1 Å². The smallest absolute Gasteiger partial charge is 0.327 e. The number of Topliss-reactive ketones (excluding diaryl/α,β-unsaturated/α-hetero) is 1. The van der Waals surface area contributed by atoms with Crippen LogP contribution < -0.4 is 5.32 Å². The quantitative estimate of drug-likeness (QED) is 0.381. The lowest BCUT2D eigenvalue weighted by Crippen LogP contribution is -2.45. The van der Waals surface area contributed by atoms with Gasteiger partial charge in [0, 0.05) is 45.8 Å². The molecule has 0 bridgehead atoms. The second-order valence-electron chi connectivity index (χ2n) is 9.48. The van der Waals surface area contributed by atoms with Gasteiger partial charge in [0.2, 0.25) is 11.8 Å². The summed E-state index contributed by atoms with van der Waals surface area (Å²) in [5, 5.41) is 15.1. The highest BCUT2D eigenvalue weighted by molar-refractivity contribution is 7.12. The molecule has 1 aromatic carbocycles. The number of hydrogen-bond donors (Lipinski definition) is 2. The Hall–Kier alpha value is -3.34. The van der Waals surface area contributed by atoms with E-state index in [4.69, 9.17) is 4.74 Å². The topological polar surface area (TPSA) is 113 Å². The lowest BCUT2D eigenvalue weighted by atomic mass is 9.77. The average molecular weight is 555 g/mol. The average Bonchev–Trinajstić information content (AvgIpc) is 3.53. The Morgan fingerprint density at radius 2 is 1.76 bits per heavy atom. The number of nitrogens with zero attached hydrogens (tertiary/aromatic N) is 1. The van der Waals surface area contributed by atoms with Crippen LogP contribution in [0.1, 0.15) is 55.0 Å². The molecule has 2 amide bonds. The predicted molar refractivity (Wildman–Crippen MR) is 147 cm³/mol. The summed E-state index contributed by atoms with van der Waals surface area (Å²) in [5.74, 6) is -3.81. The molecule has 4 rings (SSSR count). The minimum absolute atomic E-state index is 0.195. The monoisotopic (exact) mass is 554 g/mol. The number of carbonyl (C=O) groups is 4. The maximum Gasteiger partial charge on any atom is 0.327 e. The first-order valence-corrected chi connectivity index (χ1v) is 13.8. The third-order valence-electron chi connectivity index (χ3n) is 6.87. The molecule has 200 valence electrons. The van der Waals surface area contributed by atoms with Crippen molar-refractivity contribution < 1.29 is 29.0 Å². The van der Waals surface area contributed by atoms with Crippen molar-refractivity contribution in [3.05, 3.63) is 73.1 Å². The van der Waals surface area contributed by atoms with E-state index < -0.39 is 35.8 Å². The summed E-state index contributed by atoms with van der Waals surface area (Å²) in [6, 6.07) is 8.47. The first-order valence-electron chi connectivity index (χ1n) is 12.1. The van der Waals surface area contributed by atoms with Crippen LogP contribution in [0.3, 0.4) is 0 Å². The third-order valence-corrected chi connectivity index (χ3v) is 8.93. The van der Waals surface area contributed by atoms with Gasteiger partial charge in [-0.05, 0) is 61.5 Å². The fraction of sp³-hybridized carbons (Fsp3) is 0.357. The second kappa shape index (κ2) is 11.2. The number of nitrogens with one attached hydrogen (secondary N) is 1. The van der Waals surface area contributed by atoms with E-state index in [1.54, 1.807) is 24.3 Å². The van der Waals surface area contributed by atoms with Gasteiger partial charge in [-0.2, -0.15) is 0 Å². The lowest BCUT2D eigenvalue weighted by molar-refractivity contribution is -0.151. The van der Waals surface area contributed by atoms with Crippen LogP contribution in [0.15, 0.2) is 41.8 Å². The minimum Gasteiger partial charge on any atom is -0.480 e. The maximum atomic E-state index is 14.4. The van der Waals surface area contributed by atoms with Gasteiger partial charge in [0.1, 0.15) is 12.6 Å². The Kier molecular flexibility index (Phi) is 8.15. The standard InChI is InChI=1S/C28H30N2O6S2/c1-14-10-11-37-27(14)24-23(26(33)20-12-15(2)38-16(20)3)22(18-6-8-19(9-7-18)29-17(4)31)25(28(34)35)30(24)21(32)13-36-5/h6-12,22-25H,13H2,1-5H3,(H,29,31)(H,34,35). The van der Waals surface area contributed by atoms with E-state index in [0.29, 0.717) is 16.8 Å². The molecule has 2 aromatic heterocycles. The number of aliphatic carboxylic acids is 1. The Labute approximate surface area is 229 Å². The van der Waals surface area contributed by atoms with Crippen LogP contribution in [0.5, 0.6) is 0 Å². The SMILES string of the molecule is COCC(=O)N1C(C(=O)O)C(c2ccc(NC(C)=O)cc2)C(C(=O)c2cc(C)sc2C)C1c1sccc1C. The summed E-state index contributed by atoms with van der Waals surface area (Å²) in [6.45, 7) is 6.80. The molecule has 8 nitrogen and oxygen atoms in total. The van der Waals surface area contributed by atoms with Gasteiger partial charge in [-0.3, -0.25) is 14.4 Å². The molecule has 4 atom stereocenters. The van der Waals surface area contributed by atoms with E-state index in [-0.39, 0.29) is 18.3 Å². The molecule has 1 fully saturated rings. The largest absolute Gasteiger partial charge is 0.480 e. The van der Waals surface area contributed by atoms with Crippen LogP contribution in [0.4, 0.5) is 5.69 Å². The normalized spacial score (nSPS) is 20.9. The van der Waals surface area contributed by atoms with Gasteiger partial charge in [0.25, 0.3) is 0 Å². The molecule has 10 heteroatoms. The summed E-state index contributed by atoms with van der Waals surface area (Å²) in [7, 11) is 1.38. The first-order chi connectivity index (χ1) is 18.0. The van der Waals surface area contributed by atoms with Crippen LogP contribution >= 0.6 is 22.7 Å². The van der Waals surface area contributed by atoms with Crippen molar-refractivity contribution in [1.82, 2.24) is 4.90 Å². The Bertz CT molecular complexity index is 1380. The molecule has 1 aliphatic heterocycles. The number of carboxylic acid groups (broad SMARTS) is 1. The lowest BCUT2D eigenvalue weighted by Gasteiger charge is -2.29. The summed E-state index contributed by atoms with van der Waals surface area (Å²) in [6.07, 6.45) is 0. The highest BCUT2D eigenvalue weighted by atomic mass is 32.1. The van der Waals surface area contributed by atoms with Crippen LogP contribution in [-0.2, 0) is 19.1 Å². The summed E-state index contributed by atoms with van der Waals surface area (Å²) in [5.41, 5.74) is 2.58. The number of hydrogen-bond acceptors (Lipinski definition) is 7. The van der Waals surface area contributed by atoms with Crippen LogP contribution in [0.2, 0.25) is 0 Å². The maximum absolute atomic E-state index is 14.4. The van der Waals surface area contributed by atoms with Gasteiger partial charge in [0.05, 0.1) is 12.0 Å². The number of likely N-dealkylation sites (tertiary alicyclic amines) is 1. The molecule has 0 spiro atoms. The van der Waals surface area contributed by atoms with E-state index in [1.807, 2.05) is 38.3 Å². The Balaban J connectivity index is 1.96. The number of ether oxygens (including phenoxy) is 1. The molecule has 1 aliphatic rings. The molecule has 2 N–H and O–H groups in total. The number of thiophene rings is 2.